The molecule has 1 amide bonds. The van der Waals surface area contributed by atoms with Gasteiger partial charge in [0.2, 0.25) is 0 Å². The number of halogens is 1. The molecule has 0 saturated carbocycles. The summed E-state index contributed by atoms with van der Waals surface area (Å²) < 4.78 is 7.03. The van der Waals surface area contributed by atoms with E-state index in [1.165, 1.54) is 0 Å². The lowest BCUT2D eigenvalue weighted by Crippen LogP contribution is -2.25. The Morgan fingerprint density at radius 1 is 1.28 bits per heavy atom. The van der Waals surface area contributed by atoms with Crippen LogP contribution < -0.4 is 5.32 Å². The van der Waals surface area contributed by atoms with Gasteiger partial charge in [0.15, 0.2) is 5.65 Å². The molecule has 8 heteroatoms. The number of carbonyl (C=O) groups is 1. The summed E-state index contributed by atoms with van der Waals surface area (Å²) >= 11 is 6.26. The van der Waals surface area contributed by atoms with Crippen molar-refractivity contribution in [2.24, 2.45) is 0 Å². The average molecular weight is 410 g/mol. The van der Waals surface area contributed by atoms with Gasteiger partial charge in [-0.25, -0.2) is 9.50 Å². The van der Waals surface area contributed by atoms with Crippen LogP contribution >= 0.6 is 11.6 Å². The maximum atomic E-state index is 12.7. The first-order chi connectivity index (χ1) is 14.0. The number of hydrogen-bond donors (Lipinski definition) is 1. The summed E-state index contributed by atoms with van der Waals surface area (Å²) in [5.74, 6) is 0.232. The van der Waals surface area contributed by atoms with Crippen LogP contribution in [0.5, 0.6) is 0 Å². The third kappa shape index (κ3) is 4.00. The Hall–Kier alpha value is -3.19. The smallest absolute Gasteiger partial charge is 0.257 e. The standard InChI is InChI=1S/C21H20ClN5O2/c1-13-10-18-24-11-15(12-27(18)25-13)6-5-9-23-21(28)19-14(2)29-26-20(19)16-7-3-4-8-17(16)22/h3-4,7-8,10-12H,5-6,9H2,1-2H3,(H,23,28). The number of aryl methyl sites for hydroxylation is 3. The largest absolute Gasteiger partial charge is 0.360 e. The summed E-state index contributed by atoms with van der Waals surface area (Å²) in [5.41, 5.74) is 4.36. The molecule has 1 aromatic carbocycles. The second kappa shape index (κ2) is 8.05. The number of benzene rings is 1. The molecular weight excluding hydrogens is 390 g/mol. The van der Waals surface area contributed by atoms with E-state index in [1.807, 2.05) is 43.6 Å². The van der Waals surface area contributed by atoms with E-state index in [2.05, 4.69) is 20.6 Å². The quantitative estimate of drug-likeness (QED) is 0.486. The molecular formula is C21H20ClN5O2. The van der Waals surface area contributed by atoms with E-state index in [4.69, 9.17) is 16.1 Å². The zero-order valence-electron chi connectivity index (χ0n) is 16.1. The monoisotopic (exact) mass is 409 g/mol. The molecule has 148 valence electrons. The van der Waals surface area contributed by atoms with Crippen LogP contribution in [0.4, 0.5) is 0 Å². The second-order valence-corrected chi connectivity index (χ2v) is 7.26. The Morgan fingerprint density at radius 3 is 2.93 bits per heavy atom. The van der Waals surface area contributed by atoms with Gasteiger partial charge in [-0.3, -0.25) is 4.79 Å². The van der Waals surface area contributed by atoms with E-state index >= 15 is 0 Å². The topological polar surface area (TPSA) is 85.3 Å². The van der Waals surface area contributed by atoms with Crippen molar-refractivity contribution >= 4 is 23.2 Å². The highest BCUT2D eigenvalue weighted by molar-refractivity contribution is 6.33. The Balaban J connectivity index is 1.40. The van der Waals surface area contributed by atoms with E-state index in [-0.39, 0.29) is 5.91 Å². The molecule has 0 radical (unpaired) electrons. The van der Waals surface area contributed by atoms with Crippen LogP contribution in [0, 0.1) is 13.8 Å². The SMILES string of the molecule is Cc1cc2ncc(CCCNC(=O)c3c(-c4ccccc4Cl)noc3C)cn2n1. The van der Waals surface area contributed by atoms with Crippen molar-refractivity contribution in [3.63, 3.8) is 0 Å². The predicted octanol–water partition coefficient (Wildman–Crippen LogP) is 4.02. The Bertz CT molecular complexity index is 1180. The van der Waals surface area contributed by atoms with Gasteiger partial charge in [0, 0.05) is 30.6 Å². The number of amides is 1. The number of fused-ring (bicyclic) bond motifs is 1. The van der Waals surface area contributed by atoms with E-state index in [9.17, 15) is 4.79 Å². The molecule has 1 N–H and O–H groups in total. The molecule has 0 aliphatic rings. The fourth-order valence-corrected chi connectivity index (χ4v) is 3.45. The lowest BCUT2D eigenvalue weighted by Gasteiger charge is -2.07. The van der Waals surface area contributed by atoms with Gasteiger partial charge in [-0.1, -0.05) is 35.0 Å². The van der Waals surface area contributed by atoms with E-state index < -0.39 is 0 Å². The molecule has 3 heterocycles. The van der Waals surface area contributed by atoms with Gasteiger partial charge < -0.3 is 9.84 Å². The molecule has 0 fully saturated rings. The summed E-state index contributed by atoms with van der Waals surface area (Å²) in [6.07, 6.45) is 5.36. The van der Waals surface area contributed by atoms with Gasteiger partial charge in [0.25, 0.3) is 5.91 Å². The van der Waals surface area contributed by atoms with Crippen LogP contribution in [0.25, 0.3) is 16.9 Å². The molecule has 29 heavy (non-hydrogen) atoms. The lowest BCUT2D eigenvalue weighted by atomic mass is 10.1. The lowest BCUT2D eigenvalue weighted by molar-refractivity contribution is 0.0952. The molecule has 4 rings (SSSR count). The van der Waals surface area contributed by atoms with E-state index in [0.29, 0.717) is 34.1 Å². The Labute approximate surface area is 172 Å². The third-order valence-corrected chi connectivity index (χ3v) is 4.97. The molecule has 0 atom stereocenters. The number of hydrogen-bond acceptors (Lipinski definition) is 5. The van der Waals surface area contributed by atoms with Gasteiger partial charge in [-0.15, -0.1) is 0 Å². The van der Waals surface area contributed by atoms with Gasteiger partial charge in [0.05, 0.1) is 10.7 Å². The highest BCUT2D eigenvalue weighted by Gasteiger charge is 2.22. The molecule has 7 nitrogen and oxygen atoms in total. The first-order valence-corrected chi connectivity index (χ1v) is 9.71. The second-order valence-electron chi connectivity index (χ2n) is 6.85. The Kier molecular flexibility index (Phi) is 5.31. The average Bonchev–Trinajstić information content (AvgIpc) is 3.26. The van der Waals surface area contributed by atoms with Crippen LogP contribution in [0.1, 0.15) is 33.8 Å². The van der Waals surface area contributed by atoms with Crippen LogP contribution in [-0.2, 0) is 6.42 Å². The molecule has 0 saturated heterocycles. The van der Waals surface area contributed by atoms with Crippen molar-refractivity contribution in [1.82, 2.24) is 25.1 Å². The van der Waals surface area contributed by atoms with Crippen molar-refractivity contribution in [2.75, 3.05) is 6.54 Å². The van der Waals surface area contributed by atoms with Crippen LogP contribution in [0.2, 0.25) is 5.02 Å². The van der Waals surface area contributed by atoms with Gasteiger partial charge >= 0.3 is 0 Å². The van der Waals surface area contributed by atoms with Crippen LogP contribution in [0.3, 0.4) is 0 Å². The van der Waals surface area contributed by atoms with Crippen LogP contribution in [-0.4, -0.2) is 32.2 Å². The van der Waals surface area contributed by atoms with Gasteiger partial charge in [0.1, 0.15) is 17.0 Å². The van der Waals surface area contributed by atoms with Gasteiger partial charge in [-0.05, 0) is 38.3 Å². The summed E-state index contributed by atoms with van der Waals surface area (Å²) in [5, 5.41) is 11.9. The number of nitrogens with one attached hydrogen (secondary N) is 1. The summed E-state index contributed by atoms with van der Waals surface area (Å²) in [6.45, 7) is 4.17. The zero-order chi connectivity index (χ0) is 20.4. The molecule has 4 aromatic rings. The minimum atomic E-state index is -0.227. The Morgan fingerprint density at radius 2 is 2.10 bits per heavy atom. The summed E-state index contributed by atoms with van der Waals surface area (Å²) in [6, 6.07) is 9.18. The van der Waals surface area contributed by atoms with Crippen molar-refractivity contribution in [3.05, 3.63) is 70.3 Å². The predicted molar refractivity (Wildman–Crippen MR) is 110 cm³/mol. The zero-order valence-corrected chi connectivity index (χ0v) is 16.9. The van der Waals surface area contributed by atoms with E-state index in [0.717, 1.165) is 29.7 Å². The number of carbonyl (C=O) groups excluding carboxylic acids is 1. The first-order valence-electron chi connectivity index (χ1n) is 9.33. The van der Waals surface area contributed by atoms with Crippen LogP contribution in [0.15, 0.2) is 47.2 Å². The number of rotatable bonds is 6. The minimum Gasteiger partial charge on any atom is -0.360 e. The maximum absolute atomic E-state index is 12.7. The van der Waals surface area contributed by atoms with Crippen molar-refractivity contribution in [2.45, 2.75) is 26.7 Å². The fraction of sp³-hybridized carbons (Fsp3) is 0.238. The molecule has 0 bridgehead atoms. The number of aromatic nitrogens is 4. The highest BCUT2D eigenvalue weighted by Crippen LogP contribution is 2.30. The first kappa shape index (κ1) is 19.1. The van der Waals surface area contributed by atoms with Crippen molar-refractivity contribution in [3.8, 4) is 11.3 Å². The maximum Gasteiger partial charge on any atom is 0.257 e. The molecule has 0 spiro atoms. The highest BCUT2D eigenvalue weighted by atomic mass is 35.5. The van der Waals surface area contributed by atoms with E-state index in [1.54, 1.807) is 17.5 Å². The summed E-state index contributed by atoms with van der Waals surface area (Å²) in [7, 11) is 0. The normalized spacial score (nSPS) is 11.1. The number of nitrogens with zero attached hydrogens (tertiary/aromatic N) is 4. The molecule has 3 aromatic heterocycles. The molecule has 0 unspecified atom stereocenters. The van der Waals surface area contributed by atoms with Gasteiger partial charge in [-0.2, -0.15) is 5.10 Å². The minimum absolute atomic E-state index is 0.227. The fourth-order valence-electron chi connectivity index (χ4n) is 3.22. The van der Waals surface area contributed by atoms with Crippen molar-refractivity contribution in [1.29, 1.82) is 0 Å². The molecule has 0 aliphatic carbocycles. The van der Waals surface area contributed by atoms with Crippen molar-refractivity contribution < 1.29 is 9.32 Å². The molecule has 0 aliphatic heterocycles. The summed E-state index contributed by atoms with van der Waals surface area (Å²) in [4.78, 5) is 17.1. The third-order valence-electron chi connectivity index (χ3n) is 4.64.